The number of anilines is 1. The highest BCUT2D eigenvalue weighted by Gasteiger charge is 2.37. The Kier molecular flexibility index (Phi) is 2.55. The van der Waals surface area contributed by atoms with E-state index < -0.39 is 0 Å². The van der Waals surface area contributed by atoms with Crippen molar-refractivity contribution >= 4 is 11.6 Å². The van der Waals surface area contributed by atoms with Gasteiger partial charge in [0.25, 0.3) is 5.91 Å². The summed E-state index contributed by atoms with van der Waals surface area (Å²) in [6.45, 7) is 2.30. The molecule has 2 saturated heterocycles. The van der Waals surface area contributed by atoms with Gasteiger partial charge in [0.1, 0.15) is 5.69 Å². The molecule has 3 heterocycles. The third-order valence-corrected chi connectivity index (χ3v) is 3.87. The van der Waals surface area contributed by atoms with Crippen molar-refractivity contribution in [3.63, 3.8) is 0 Å². The summed E-state index contributed by atoms with van der Waals surface area (Å²) < 4.78 is 0. The van der Waals surface area contributed by atoms with Crippen molar-refractivity contribution in [2.24, 2.45) is 0 Å². The lowest BCUT2D eigenvalue weighted by Gasteiger charge is -2.20. The van der Waals surface area contributed by atoms with E-state index in [0.717, 1.165) is 13.0 Å². The molecule has 2 aliphatic rings. The average Bonchev–Trinajstić information content (AvgIpc) is 2.96. The first-order valence-corrected chi connectivity index (χ1v) is 6.23. The number of nitrogens with two attached hydrogens (primary N) is 1. The number of aromatic nitrogens is 1. The van der Waals surface area contributed by atoms with E-state index >= 15 is 0 Å². The van der Waals surface area contributed by atoms with E-state index in [1.807, 2.05) is 0 Å². The molecule has 0 bridgehead atoms. The van der Waals surface area contributed by atoms with E-state index in [-0.39, 0.29) is 5.91 Å². The maximum absolute atomic E-state index is 12.0. The molecule has 0 radical (unpaired) electrons. The monoisotopic (exact) mass is 234 g/mol. The maximum atomic E-state index is 12.0. The van der Waals surface area contributed by atoms with Crippen molar-refractivity contribution in [1.29, 1.82) is 0 Å². The second kappa shape index (κ2) is 4.07. The minimum Gasteiger partial charge on any atom is -0.397 e. The van der Waals surface area contributed by atoms with Crippen LogP contribution in [0.2, 0.25) is 0 Å². The van der Waals surface area contributed by atoms with Gasteiger partial charge in [0.05, 0.1) is 0 Å². The van der Waals surface area contributed by atoms with Crippen molar-refractivity contribution in [2.45, 2.75) is 31.3 Å². The number of carbonyl (C=O) groups excluding carboxylic acids is 1. The lowest BCUT2D eigenvalue weighted by atomic mass is 10.1. The molecule has 1 aromatic rings. The van der Waals surface area contributed by atoms with Gasteiger partial charge < -0.3 is 16.0 Å². The van der Waals surface area contributed by atoms with Gasteiger partial charge in [-0.2, -0.15) is 0 Å². The van der Waals surface area contributed by atoms with E-state index in [4.69, 9.17) is 5.73 Å². The van der Waals surface area contributed by atoms with Crippen molar-refractivity contribution in [2.75, 3.05) is 18.8 Å². The van der Waals surface area contributed by atoms with Gasteiger partial charge >= 0.3 is 0 Å². The Morgan fingerprint density at radius 3 is 3.12 bits per heavy atom. The van der Waals surface area contributed by atoms with Gasteiger partial charge in [-0.1, -0.05) is 0 Å². The van der Waals surface area contributed by atoms with Crippen LogP contribution in [-0.4, -0.2) is 41.0 Å². The third kappa shape index (κ3) is 1.91. The number of aromatic amines is 1. The van der Waals surface area contributed by atoms with Crippen LogP contribution in [0.4, 0.5) is 5.69 Å². The summed E-state index contributed by atoms with van der Waals surface area (Å²) in [4.78, 5) is 17.4. The van der Waals surface area contributed by atoms with E-state index in [2.05, 4.69) is 15.2 Å². The molecule has 5 nitrogen and oxygen atoms in total. The van der Waals surface area contributed by atoms with Crippen LogP contribution in [0, 0.1) is 0 Å². The van der Waals surface area contributed by atoms with Crippen molar-refractivity contribution in [3.05, 3.63) is 18.0 Å². The fraction of sp³-hybridized carbons (Fsp3) is 0.583. The Labute approximate surface area is 100 Å². The number of rotatable bonds is 2. The molecule has 1 amide bonds. The van der Waals surface area contributed by atoms with Gasteiger partial charge in [0, 0.05) is 30.5 Å². The van der Waals surface area contributed by atoms with E-state index in [9.17, 15) is 4.79 Å². The summed E-state index contributed by atoms with van der Waals surface area (Å²) in [5.41, 5.74) is 6.75. The highest BCUT2D eigenvalue weighted by molar-refractivity contribution is 5.93. The van der Waals surface area contributed by atoms with Crippen LogP contribution >= 0.6 is 0 Å². The quantitative estimate of drug-likeness (QED) is 0.700. The number of H-pyrrole nitrogens is 1. The van der Waals surface area contributed by atoms with Crippen molar-refractivity contribution < 1.29 is 4.79 Å². The first kappa shape index (κ1) is 10.7. The standard InChI is InChI=1S/C12H18N4O/c13-8-6-10(14-7-8)12(17)15-9-3-5-16-4-1-2-11(9)16/h6-7,9,11,14H,1-5,13H2,(H,15,17). The summed E-state index contributed by atoms with van der Waals surface area (Å²) in [5, 5.41) is 3.11. The minimum atomic E-state index is -0.0413. The molecule has 0 saturated carbocycles. The molecule has 2 atom stereocenters. The summed E-state index contributed by atoms with van der Waals surface area (Å²) in [6.07, 6.45) is 5.17. The Morgan fingerprint density at radius 1 is 1.47 bits per heavy atom. The number of amides is 1. The van der Waals surface area contributed by atoms with Gasteiger partial charge in [0.15, 0.2) is 0 Å². The van der Waals surface area contributed by atoms with Gasteiger partial charge in [-0.3, -0.25) is 9.69 Å². The summed E-state index contributed by atoms with van der Waals surface area (Å²) >= 11 is 0. The van der Waals surface area contributed by atoms with Crippen LogP contribution in [0.5, 0.6) is 0 Å². The van der Waals surface area contributed by atoms with E-state index in [1.165, 1.54) is 19.4 Å². The Bertz CT molecular complexity index is 428. The smallest absolute Gasteiger partial charge is 0.268 e. The molecule has 2 aliphatic heterocycles. The first-order chi connectivity index (χ1) is 8.24. The Balaban J connectivity index is 1.65. The zero-order chi connectivity index (χ0) is 11.8. The molecule has 0 aromatic carbocycles. The van der Waals surface area contributed by atoms with Gasteiger partial charge in [-0.15, -0.1) is 0 Å². The molecule has 4 N–H and O–H groups in total. The SMILES string of the molecule is Nc1c[nH]c(C(=O)NC2CCN3CCCC23)c1. The summed E-state index contributed by atoms with van der Waals surface area (Å²) in [7, 11) is 0. The molecule has 0 spiro atoms. The molecule has 92 valence electrons. The third-order valence-electron chi connectivity index (χ3n) is 3.87. The predicted octanol–water partition coefficient (Wildman–Crippen LogP) is 0.563. The zero-order valence-corrected chi connectivity index (χ0v) is 9.78. The average molecular weight is 234 g/mol. The molecule has 2 unspecified atom stereocenters. The van der Waals surface area contributed by atoms with Gasteiger partial charge in [-0.05, 0) is 31.9 Å². The summed E-state index contributed by atoms with van der Waals surface area (Å²) in [6, 6.07) is 2.53. The summed E-state index contributed by atoms with van der Waals surface area (Å²) in [5.74, 6) is -0.0413. The van der Waals surface area contributed by atoms with E-state index in [1.54, 1.807) is 12.3 Å². The van der Waals surface area contributed by atoms with Crippen LogP contribution < -0.4 is 11.1 Å². The number of hydrogen-bond acceptors (Lipinski definition) is 3. The largest absolute Gasteiger partial charge is 0.397 e. The van der Waals surface area contributed by atoms with E-state index in [0.29, 0.717) is 23.5 Å². The van der Waals surface area contributed by atoms with Gasteiger partial charge in [0.2, 0.25) is 0 Å². The number of nitrogens with zero attached hydrogens (tertiary/aromatic N) is 1. The Morgan fingerprint density at radius 2 is 2.35 bits per heavy atom. The topological polar surface area (TPSA) is 74.1 Å². The molecular weight excluding hydrogens is 216 g/mol. The van der Waals surface area contributed by atoms with Crippen LogP contribution in [-0.2, 0) is 0 Å². The van der Waals surface area contributed by atoms with Crippen LogP contribution in [0.1, 0.15) is 29.8 Å². The number of nitrogen functional groups attached to an aromatic ring is 1. The highest BCUT2D eigenvalue weighted by atomic mass is 16.2. The predicted molar refractivity (Wildman–Crippen MR) is 65.7 cm³/mol. The number of fused-ring (bicyclic) bond motifs is 1. The number of carbonyl (C=O) groups is 1. The molecule has 1 aromatic heterocycles. The second-order valence-electron chi connectivity index (χ2n) is 4.96. The first-order valence-electron chi connectivity index (χ1n) is 6.23. The lowest BCUT2D eigenvalue weighted by molar-refractivity contribution is 0.0925. The molecular formula is C12H18N4O. The molecule has 5 heteroatoms. The molecule has 0 aliphatic carbocycles. The molecule has 2 fully saturated rings. The zero-order valence-electron chi connectivity index (χ0n) is 9.78. The van der Waals surface area contributed by atoms with Crippen LogP contribution in [0.15, 0.2) is 12.3 Å². The number of nitrogens with one attached hydrogen (secondary N) is 2. The second-order valence-corrected chi connectivity index (χ2v) is 4.96. The normalized spacial score (nSPS) is 28.2. The van der Waals surface area contributed by atoms with Gasteiger partial charge in [-0.25, -0.2) is 0 Å². The minimum absolute atomic E-state index is 0.0413. The van der Waals surface area contributed by atoms with Crippen LogP contribution in [0.3, 0.4) is 0 Å². The Hall–Kier alpha value is -1.49. The van der Waals surface area contributed by atoms with Crippen LogP contribution in [0.25, 0.3) is 0 Å². The van der Waals surface area contributed by atoms with Crippen molar-refractivity contribution in [3.8, 4) is 0 Å². The highest BCUT2D eigenvalue weighted by Crippen LogP contribution is 2.28. The molecule has 3 rings (SSSR count). The number of hydrogen-bond donors (Lipinski definition) is 3. The fourth-order valence-corrected chi connectivity index (χ4v) is 3.04. The van der Waals surface area contributed by atoms with Crippen molar-refractivity contribution in [1.82, 2.24) is 15.2 Å². The fourth-order valence-electron chi connectivity index (χ4n) is 3.04. The maximum Gasteiger partial charge on any atom is 0.268 e. The lowest BCUT2D eigenvalue weighted by Crippen LogP contribution is -2.42. The molecule has 17 heavy (non-hydrogen) atoms.